The second-order valence-corrected chi connectivity index (χ2v) is 6.98. The Labute approximate surface area is 171 Å². The lowest BCUT2D eigenvalue weighted by Gasteiger charge is -2.11. The summed E-state index contributed by atoms with van der Waals surface area (Å²) in [6.07, 6.45) is 0.730. The molecular weight excluding hydrogens is 364 g/mol. The number of anilines is 2. The molecule has 6 nitrogen and oxygen atoms in total. The molecule has 0 aliphatic carbocycles. The molecular formula is C23H26N4O2. The van der Waals surface area contributed by atoms with E-state index in [0.717, 1.165) is 29.0 Å². The van der Waals surface area contributed by atoms with Gasteiger partial charge in [0.05, 0.1) is 7.11 Å². The number of amides is 1. The van der Waals surface area contributed by atoms with Gasteiger partial charge in [0, 0.05) is 18.3 Å². The fourth-order valence-corrected chi connectivity index (χ4v) is 3.04. The highest BCUT2D eigenvalue weighted by Crippen LogP contribution is 2.21. The SMILES string of the molecule is COc1ccc(CCNC(=O)c2cc(Nc3ccc(C)cc3C)nc(C)n2)cc1. The molecule has 3 aromatic rings. The molecule has 0 unspecified atom stereocenters. The van der Waals surface area contributed by atoms with Crippen molar-refractivity contribution in [3.63, 3.8) is 0 Å². The van der Waals surface area contributed by atoms with Crippen LogP contribution < -0.4 is 15.4 Å². The maximum atomic E-state index is 12.6. The van der Waals surface area contributed by atoms with Gasteiger partial charge in [0.25, 0.3) is 5.91 Å². The van der Waals surface area contributed by atoms with Crippen LogP contribution in [0.15, 0.2) is 48.5 Å². The number of carbonyl (C=O) groups is 1. The highest BCUT2D eigenvalue weighted by molar-refractivity contribution is 5.93. The van der Waals surface area contributed by atoms with Crippen molar-refractivity contribution < 1.29 is 9.53 Å². The Morgan fingerprint density at radius 1 is 1.00 bits per heavy atom. The topological polar surface area (TPSA) is 76.1 Å². The van der Waals surface area contributed by atoms with Crippen molar-refractivity contribution in [3.05, 3.63) is 76.7 Å². The molecule has 0 spiro atoms. The number of aromatic nitrogens is 2. The van der Waals surface area contributed by atoms with Crippen molar-refractivity contribution in [3.8, 4) is 5.75 Å². The summed E-state index contributed by atoms with van der Waals surface area (Å²) in [6.45, 7) is 6.39. The number of benzene rings is 2. The van der Waals surface area contributed by atoms with Crippen LogP contribution in [0.1, 0.15) is 33.0 Å². The average Bonchev–Trinajstić information content (AvgIpc) is 2.70. The fraction of sp³-hybridized carbons (Fsp3) is 0.261. The first-order chi connectivity index (χ1) is 13.9. The molecule has 150 valence electrons. The molecule has 0 radical (unpaired) electrons. The lowest BCUT2D eigenvalue weighted by atomic mass is 10.1. The number of hydrogen-bond acceptors (Lipinski definition) is 5. The van der Waals surface area contributed by atoms with Crippen molar-refractivity contribution in [2.45, 2.75) is 27.2 Å². The first-order valence-electron chi connectivity index (χ1n) is 9.55. The van der Waals surface area contributed by atoms with Crippen LogP contribution >= 0.6 is 0 Å². The largest absolute Gasteiger partial charge is 0.497 e. The van der Waals surface area contributed by atoms with Crippen LogP contribution in [0.4, 0.5) is 11.5 Å². The minimum Gasteiger partial charge on any atom is -0.497 e. The van der Waals surface area contributed by atoms with E-state index in [9.17, 15) is 4.79 Å². The van der Waals surface area contributed by atoms with E-state index < -0.39 is 0 Å². The quantitative estimate of drug-likeness (QED) is 0.634. The Balaban J connectivity index is 1.64. The van der Waals surface area contributed by atoms with E-state index in [-0.39, 0.29) is 5.91 Å². The number of rotatable bonds is 7. The van der Waals surface area contributed by atoms with E-state index in [2.05, 4.69) is 33.6 Å². The molecule has 0 aliphatic heterocycles. The Morgan fingerprint density at radius 3 is 2.45 bits per heavy atom. The van der Waals surface area contributed by atoms with Gasteiger partial charge in [-0.25, -0.2) is 9.97 Å². The number of nitrogens with one attached hydrogen (secondary N) is 2. The Hall–Kier alpha value is -3.41. The number of ether oxygens (including phenoxy) is 1. The molecule has 29 heavy (non-hydrogen) atoms. The number of hydrogen-bond donors (Lipinski definition) is 2. The Morgan fingerprint density at radius 2 is 1.76 bits per heavy atom. The minimum atomic E-state index is -0.215. The van der Waals surface area contributed by atoms with E-state index in [1.807, 2.05) is 43.3 Å². The second kappa shape index (κ2) is 9.19. The third kappa shape index (κ3) is 5.54. The monoisotopic (exact) mass is 390 g/mol. The van der Waals surface area contributed by atoms with E-state index in [1.165, 1.54) is 5.56 Å². The van der Waals surface area contributed by atoms with E-state index in [4.69, 9.17) is 4.74 Å². The smallest absolute Gasteiger partial charge is 0.270 e. The molecule has 0 atom stereocenters. The normalized spacial score (nSPS) is 10.5. The number of methoxy groups -OCH3 is 1. The fourth-order valence-electron chi connectivity index (χ4n) is 3.04. The zero-order valence-electron chi connectivity index (χ0n) is 17.2. The molecule has 1 heterocycles. The third-order valence-electron chi connectivity index (χ3n) is 4.57. The Bertz CT molecular complexity index is 1000. The summed E-state index contributed by atoms with van der Waals surface area (Å²) in [6, 6.07) is 15.6. The molecule has 3 rings (SSSR count). The predicted octanol–water partition coefficient (Wildman–Crippen LogP) is 4.13. The van der Waals surface area contributed by atoms with Crippen LogP contribution in [-0.4, -0.2) is 29.5 Å². The van der Waals surface area contributed by atoms with E-state index >= 15 is 0 Å². The van der Waals surface area contributed by atoms with Gasteiger partial charge >= 0.3 is 0 Å². The average molecular weight is 390 g/mol. The van der Waals surface area contributed by atoms with Gasteiger partial charge in [-0.2, -0.15) is 0 Å². The van der Waals surface area contributed by atoms with Gasteiger partial charge < -0.3 is 15.4 Å². The van der Waals surface area contributed by atoms with Crippen LogP contribution in [0.5, 0.6) is 5.75 Å². The first-order valence-corrected chi connectivity index (χ1v) is 9.55. The summed E-state index contributed by atoms with van der Waals surface area (Å²) in [4.78, 5) is 21.2. The lowest BCUT2D eigenvalue weighted by molar-refractivity contribution is 0.0949. The molecule has 1 aromatic heterocycles. The molecule has 0 saturated heterocycles. The minimum absolute atomic E-state index is 0.215. The summed E-state index contributed by atoms with van der Waals surface area (Å²) in [5, 5.41) is 6.21. The van der Waals surface area contributed by atoms with Gasteiger partial charge in [-0.05, 0) is 56.5 Å². The van der Waals surface area contributed by atoms with Gasteiger partial charge in [0.15, 0.2) is 0 Å². The van der Waals surface area contributed by atoms with Crippen molar-refractivity contribution in [1.82, 2.24) is 15.3 Å². The van der Waals surface area contributed by atoms with Crippen molar-refractivity contribution >= 4 is 17.4 Å². The summed E-state index contributed by atoms with van der Waals surface area (Å²) < 4.78 is 5.16. The number of carbonyl (C=O) groups excluding carboxylic acids is 1. The first kappa shape index (κ1) is 20.3. The molecule has 1 amide bonds. The van der Waals surface area contributed by atoms with Crippen molar-refractivity contribution in [2.75, 3.05) is 19.0 Å². The van der Waals surface area contributed by atoms with Gasteiger partial charge in [-0.3, -0.25) is 4.79 Å². The highest BCUT2D eigenvalue weighted by atomic mass is 16.5. The van der Waals surface area contributed by atoms with E-state index in [1.54, 1.807) is 20.1 Å². The second-order valence-electron chi connectivity index (χ2n) is 6.98. The summed E-state index contributed by atoms with van der Waals surface area (Å²) >= 11 is 0. The predicted molar refractivity (Wildman–Crippen MR) is 115 cm³/mol. The summed E-state index contributed by atoms with van der Waals surface area (Å²) in [5.41, 5.74) is 4.75. The van der Waals surface area contributed by atoms with Gasteiger partial charge in [-0.15, -0.1) is 0 Å². The Kier molecular flexibility index (Phi) is 6.44. The van der Waals surface area contributed by atoms with Crippen LogP contribution in [0.25, 0.3) is 0 Å². The van der Waals surface area contributed by atoms with Gasteiger partial charge in [0.2, 0.25) is 0 Å². The van der Waals surface area contributed by atoms with Crippen LogP contribution in [0.3, 0.4) is 0 Å². The number of aryl methyl sites for hydroxylation is 3. The number of nitrogens with zero attached hydrogens (tertiary/aromatic N) is 2. The molecule has 0 aliphatic rings. The van der Waals surface area contributed by atoms with Crippen LogP contribution in [0.2, 0.25) is 0 Å². The molecule has 0 bridgehead atoms. The van der Waals surface area contributed by atoms with Gasteiger partial charge in [-0.1, -0.05) is 29.8 Å². The molecule has 2 N–H and O–H groups in total. The summed E-state index contributed by atoms with van der Waals surface area (Å²) in [7, 11) is 1.64. The molecule has 6 heteroatoms. The van der Waals surface area contributed by atoms with Crippen molar-refractivity contribution in [2.24, 2.45) is 0 Å². The molecule has 0 fully saturated rings. The van der Waals surface area contributed by atoms with Crippen molar-refractivity contribution in [1.29, 1.82) is 0 Å². The maximum absolute atomic E-state index is 12.6. The van der Waals surface area contributed by atoms with E-state index in [0.29, 0.717) is 23.9 Å². The zero-order chi connectivity index (χ0) is 20.8. The zero-order valence-corrected chi connectivity index (χ0v) is 17.2. The standard InChI is InChI=1S/C23H26N4O2/c1-15-5-10-20(16(2)13-15)27-22-14-21(25-17(3)26-22)23(28)24-12-11-18-6-8-19(29-4)9-7-18/h5-10,13-14H,11-12H2,1-4H3,(H,24,28)(H,25,26,27). The maximum Gasteiger partial charge on any atom is 0.270 e. The van der Waals surface area contributed by atoms with Gasteiger partial charge in [0.1, 0.15) is 23.1 Å². The van der Waals surface area contributed by atoms with Crippen LogP contribution in [-0.2, 0) is 6.42 Å². The molecule has 2 aromatic carbocycles. The third-order valence-corrected chi connectivity index (χ3v) is 4.57. The highest BCUT2D eigenvalue weighted by Gasteiger charge is 2.11. The summed E-state index contributed by atoms with van der Waals surface area (Å²) in [5.74, 6) is 1.75. The van der Waals surface area contributed by atoms with Crippen LogP contribution in [0, 0.1) is 20.8 Å². The molecule has 0 saturated carbocycles. The lowest BCUT2D eigenvalue weighted by Crippen LogP contribution is -2.27.